The Morgan fingerprint density at radius 3 is 2.50 bits per heavy atom. The molecule has 20 heavy (non-hydrogen) atoms. The third-order valence-corrected chi connectivity index (χ3v) is 3.38. The van der Waals surface area contributed by atoms with E-state index >= 15 is 0 Å². The standard InChI is InChI=1S/C17H21NO2/c1-3-4-7-10-18-17(19)15-11-13-8-5-6-9-14(13)12-16(15)20-2/h5-6,8-9,11-12H,3-4,7,10H2,1-2H3,(H,18,19). The van der Waals surface area contributed by atoms with E-state index in [0.717, 1.165) is 30.0 Å². The molecule has 3 heteroatoms. The molecule has 3 nitrogen and oxygen atoms in total. The first-order chi connectivity index (χ1) is 9.76. The highest BCUT2D eigenvalue weighted by Crippen LogP contribution is 2.25. The Balaban J connectivity index is 2.21. The maximum atomic E-state index is 12.2. The lowest BCUT2D eigenvalue weighted by atomic mass is 10.1. The molecule has 0 bridgehead atoms. The SMILES string of the molecule is CCCCCNC(=O)c1cc2ccccc2cc1OC. The number of carbonyl (C=O) groups excluding carboxylic acids is 1. The molecule has 0 aliphatic carbocycles. The summed E-state index contributed by atoms with van der Waals surface area (Å²) in [5.74, 6) is 0.556. The number of nitrogens with one attached hydrogen (secondary N) is 1. The van der Waals surface area contributed by atoms with Crippen molar-refractivity contribution in [3.63, 3.8) is 0 Å². The van der Waals surface area contributed by atoms with Crippen molar-refractivity contribution in [3.8, 4) is 5.75 Å². The highest BCUT2D eigenvalue weighted by molar-refractivity contribution is 6.01. The van der Waals surface area contributed by atoms with Crippen molar-refractivity contribution in [1.82, 2.24) is 5.32 Å². The Kier molecular flexibility index (Phi) is 4.99. The first-order valence-corrected chi connectivity index (χ1v) is 7.11. The minimum Gasteiger partial charge on any atom is -0.496 e. The van der Waals surface area contributed by atoms with Crippen molar-refractivity contribution in [2.45, 2.75) is 26.2 Å². The van der Waals surface area contributed by atoms with Gasteiger partial charge in [0.2, 0.25) is 0 Å². The zero-order valence-corrected chi connectivity index (χ0v) is 12.1. The van der Waals surface area contributed by atoms with Crippen LogP contribution in [0.5, 0.6) is 5.75 Å². The normalized spacial score (nSPS) is 10.5. The van der Waals surface area contributed by atoms with Gasteiger partial charge in [0, 0.05) is 6.54 Å². The van der Waals surface area contributed by atoms with E-state index in [9.17, 15) is 4.79 Å². The zero-order chi connectivity index (χ0) is 14.4. The molecular formula is C17H21NO2. The first-order valence-electron chi connectivity index (χ1n) is 7.11. The Morgan fingerprint density at radius 2 is 1.85 bits per heavy atom. The number of ether oxygens (including phenoxy) is 1. The minimum absolute atomic E-state index is 0.0660. The van der Waals surface area contributed by atoms with Crippen molar-refractivity contribution in [2.75, 3.05) is 13.7 Å². The van der Waals surface area contributed by atoms with E-state index in [1.165, 1.54) is 0 Å². The molecule has 0 heterocycles. The third kappa shape index (κ3) is 3.29. The van der Waals surface area contributed by atoms with Gasteiger partial charge in [0.25, 0.3) is 5.91 Å². The fourth-order valence-corrected chi connectivity index (χ4v) is 2.24. The Hall–Kier alpha value is -2.03. The van der Waals surface area contributed by atoms with Crippen LogP contribution in [0.1, 0.15) is 36.5 Å². The molecule has 0 saturated heterocycles. The molecule has 1 amide bonds. The van der Waals surface area contributed by atoms with Crippen molar-refractivity contribution < 1.29 is 9.53 Å². The maximum Gasteiger partial charge on any atom is 0.255 e. The monoisotopic (exact) mass is 271 g/mol. The smallest absolute Gasteiger partial charge is 0.255 e. The fraction of sp³-hybridized carbons (Fsp3) is 0.353. The fourth-order valence-electron chi connectivity index (χ4n) is 2.24. The van der Waals surface area contributed by atoms with E-state index in [1.54, 1.807) is 7.11 Å². The van der Waals surface area contributed by atoms with Crippen LogP contribution in [0.4, 0.5) is 0 Å². The molecule has 0 spiro atoms. The van der Waals surface area contributed by atoms with E-state index in [-0.39, 0.29) is 5.91 Å². The van der Waals surface area contributed by atoms with Gasteiger partial charge in [0.05, 0.1) is 12.7 Å². The van der Waals surface area contributed by atoms with E-state index in [1.807, 2.05) is 36.4 Å². The van der Waals surface area contributed by atoms with Crippen LogP contribution in [-0.4, -0.2) is 19.6 Å². The van der Waals surface area contributed by atoms with Crippen molar-refractivity contribution in [1.29, 1.82) is 0 Å². The maximum absolute atomic E-state index is 12.2. The lowest BCUT2D eigenvalue weighted by Gasteiger charge is -2.11. The molecule has 0 radical (unpaired) electrons. The Bertz CT molecular complexity index is 593. The van der Waals surface area contributed by atoms with Gasteiger partial charge in [-0.2, -0.15) is 0 Å². The molecule has 0 aromatic heterocycles. The van der Waals surface area contributed by atoms with Crippen molar-refractivity contribution >= 4 is 16.7 Å². The number of benzene rings is 2. The summed E-state index contributed by atoms with van der Waals surface area (Å²) in [6.45, 7) is 2.86. The van der Waals surface area contributed by atoms with E-state index in [0.29, 0.717) is 17.9 Å². The van der Waals surface area contributed by atoms with Crippen LogP contribution < -0.4 is 10.1 Å². The van der Waals surface area contributed by atoms with Gasteiger partial charge in [-0.3, -0.25) is 4.79 Å². The number of hydrogen-bond acceptors (Lipinski definition) is 2. The summed E-state index contributed by atoms with van der Waals surface area (Å²) >= 11 is 0. The number of carbonyl (C=O) groups is 1. The van der Waals surface area contributed by atoms with Crippen LogP contribution in [0.15, 0.2) is 36.4 Å². The minimum atomic E-state index is -0.0660. The number of fused-ring (bicyclic) bond motifs is 1. The van der Waals surface area contributed by atoms with Crippen LogP contribution in [0, 0.1) is 0 Å². The van der Waals surface area contributed by atoms with Gasteiger partial charge in [-0.05, 0) is 29.3 Å². The predicted octanol–water partition coefficient (Wildman–Crippen LogP) is 3.77. The molecule has 0 aliphatic heterocycles. The van der Waals surface area contributed by atoms with Crippen LogP contribution in [0.2, 0.25) is 0 Å². The van der Waals surface area contributed by atoms with Crippen LogP contribution in [0.25, 0.3) is 10.8 Å². The van der Waals surface area contributed by atoms with Gasteiger partial charge >= 0.3 is 0 Å². The van der Waals surface area contributed by atoms with Crippen molar-refractivity contribution in [3.05, 3.63) is 42.0 Å². The van der Waals surface area contributed by atoms with Crippen LogP contribution in [-0.2, 0) is 0 Å². The lowest BCUT2D eigenvalue weighted by molar-refractivity contribution is 0.0950. The number of hydrogen-bond donors (Lipinski definition) is 1. The molecule has 0 unspecified atom stereocenters. The second-order valence-corrected chi connectivity index (χ2v) is 4.86. The summed E-state index contributed by atoms with van der Waals surface area (Å²) in [5.41, 5.74) is 0.600. The summed E-state index contributed by atoms with van der Waals surface area (Å²) < 4.78 is 5.34. The molecule has 2 rings (SSSR count). The number of amides is 1. The highest BCUT2D eigenvalue weighted by atomic mass is 16.5. The summed E-state index contributed by atoms with van der Waals surface area (Å²) in [6, 6.07) is 11.8. The van der Waals surface area contributed by atoms with Crippen molar-refractivity contribution in [2.24, 2.45) is 0 Å². The predicted molar refractivity (Wildman–Crippen MR) is 82.4 cm³/mol. The third-order valence-electron chi connectivity index (χ3n) is 3.38. The van der Waals surface area contributed by atoms with E-state index < -0.39 is 0 Å². The number of rotatable bonds is 6. The zero-order valence-electron chi connectivity index (χ0n) is 12.1. The number of unbranched alkanes of at least 4 members (excludes halogenated alkanes) is 2. The summed E-state index contributed by atoms with van der Waals surface area (Å²) in [5, 5.41) is 5.08. The molecule has 0 saturated carbocycles. The van der Waals surface area contributed by atoms with Gasteiger partial charge in [-0.1, -0.05) is 44.0 Å². The molecule has 0 fully saturated rings. The highest BCUT2D eigenvalue weighted by Gasteiger charge is 2.12. The average Bonchev–Trinajstić information content (AvgIpc) is 2.50. The van der Waals surface area contributed by atoms with Gasteiger partial charge in [0.1, 0.15) is 5.75 Å². The quantitative estimate of drug-likeness (QED) is 0.812. The summed E-state index contributed by atoms with van der Waals surface area (Å²) in [6.07, 6.45) is 3.29. The molecule has 2 aromatic rings. The van der Waals surface area contributed by atoms with E-state index in [2.05, 4.69) is 12.2 Å². The van der Waals surface area contributed by atoms with Gasteiger partial charge in [-0.15, -0.1) is 0 Å². The summed E-state index contributed by atoms with van der Waals surface area (Å²) in [4.78, 5) is 12.2. The lowest BCUT2D eigenvalue weighted by Crippen LogP contribution is -2.24. The average molecular weight is 271 g/mol. The first kappa shape index (κ1) is 14.4. The molecule has 1 N–H and O–H groups in total. The number of methoxy groups -OCH3 is 1. The molecule has 106 valence electrons. The topological polar surface area (TPSA) is 38.3 Å². The largest absolute Gasteiger partial charge is 0.496 e. The second-order valence-electron chi connectivity index (χ2n) is 4.86. The molecule has 2 aromatic carbocycles. The molecule has 0 atom stereocenters. The van der Waals surface area contributed by atoms with Gasteiger partial charge in [0.15, 0.2) is 0 Å². The summed E-state index contributed by atoms with van der Waals surface area (Å²) in [7, 11) is 1.60. The van der Waals surface area contributed by atoms with Crippen LogP contribution >= 0.6 is 0 Å². The van der Waals surface area contributed by atoms with E-state index in [4.69, 9.17) is 4.74 Å². The molecule has 0 aliphatic rings. The van der Waals surface area contributed by atoms with Crippen LogP contribution in [0.3, 0.4) is 0 Å². The Labute approximate surface area is 119 Å². The Morgan fingerprint density at radius 1 is 1.15 bits per heavy atom. The van der Waals surface area contributed by atoms with Gasteiger partial charge < -0.3 is 10.1 Å². The van der Waals surface area contributed by atoms with Gasteiger partial charge in [-0.25, -0.2) is 0 Å². The molecular weight excluding hydrogens is 250 g/mol. The second kappa shape index (κ2) is 6.94.